The molecule has 0 saturated carbocycles. The summed E-state index contributed by atoms with van der Waals surface area (Å²) in [7, 11) is 0. The van der Waals surface area contributed by atoms with Crippen molar-refractivity contribution in [2.45, 2.75) is 25.3 Å². The Morgan fingerprint density at radius 3 is 2.71 bits per heavy atom. The average molecular weight is 296 g/mol. The van der Waals surface area contributed by atoms with Crippen molar-refractivity contribution in [1.29, 1.82) is 0 Å². The molecule has 4 rings (SSSR count). The highest BCUT2D eigenvalue weighted by atomic mass is 35.5. The van der Waals surface area contributed by atoms with Crippen LogP contribution in [0.25, 0.3) is 0 Å². The topological polar surface area (TPSA) is 12.0 Å². The van der Waals surface area contributed by atoms with E-state index in [-0.39, 0.29) is 0 Å². The Morgan fingerprint density at radius 2 is 1.90 bits per heavy atom. The van der Waals surface area contributed by atoms with Crippen molar-refractivity contribution in [3.8, 4) is 0 Å². The van der Waals surface area contributed by atoms with Gasteiger partial charge in [0, 0.05) is 16.6 Å². The van der Waals surface area contributed by atoms with E-state index in [1.54, 1.807) is 0 Å². The Labute approximate surface area is 130 Å². The molecule has 3 atom stereocenters. The van der Waals surface area contributed by atoms with E-state index in [1.807, 2.05) is 6.07 Å². The van der Waals surface area contributed by atoms with Crippen LogP contribution in [0.2, 0.25) is 5.02 Å². The van der Waals surface area contributed by atoms with E-state index in [0.29, 0.717) is 17.9 Å². The van der Waals surface area contributed by atoms with Gasteiger partial charge in [-0.2, -0.15) is 0 Å². The van der Waals surface area contributed by atoms with Crippen molar-refractivity contribution in [3.63, 3.8) is 0 Å². The lowest BCUT2D eigenvalue weighted by molar-refractivity contribution is 0.425. The van der Waals surface area contributed by atoms with E-state index in [0.717, 1.165) is 17.0 Å². The largest absolute Gasteiger partial charge is 0.377 e. The minimum absolute atomic E-state index is 0.357. The lowest BCUT2D eigenvalue weighted by Gasteiger charge is -2.38. The van der Waals surface area contributed by atoms with Gasteiger partial charge in [-0.05, 0) is 42.0 Å². The van der Waals surface area contributed by atoms with Gasteiger partial charge in [0.1, 0.15) is 0 Å². The first-order valence-corrected chi connectivity index (χ1v) is 7.90. The molecule has 0 saturated heterocycles. The van der Waals surface area contributed by atoms with Crippen LogP contribution in [-0.4, -0.2) is 0 Å². The maximum Gasteiger partial charge on any atom is 0.0554 e. The fourth-order valence-corrected chi connectivity index (χ4v) is 3.94. The fraction of sp³-hybridized carbons (Fsp3) is 0.263. The highest BCUT2D eigenvalue weighted by Crippen LogP contribution is 2.51. The lowest BCUT2D eigenvalue weighted by Crippen LogP contribution is -2.29. The van der Waals surface area contributed by atoms with Crippen molar-refractivity contribution >= 4 is 17.3 Å². The summed E-state index contributed by atoms with van der Waals surface area (Å²) >= 11 is 6.32. The second kappa shape index (κ2) is 4.92. The zero-order valence-electron chi connectivity index (χ0n) is 12.0. The summed E-state index contributed by atoms with van der Waals surface area (Å²) in [5.74, 6) is 1.10. The minimum atomic E-state index is 0.357. The normalized spacial score (nSPS) is 26.1. The molecule has 2 aliphatic rings. The average Bonchev–Trinajstić information content (AvgIpc) is 3.00. The molecule has 1 nitrogen and oxygen atoms in total. The van der Waals surface area contributed by atoms with E-state index in [1.165, 1.54) is 16.8 Å². The molecule has 1 N–H and O–H groups in total. The minimum Gasteiger partial charge on any atom is -0.377 e. The van der Waals surface area contributed by atoms with Crippen molar-refractivity contribution in [1.82, 2.24) is 0 Å². The van der Waals surface area contributed by atoms with E-state index in [2.05, 4.69) is 60.8 Å². The lowest BCUT2D eigenvalue weighted by atomic mass is 9.76. The Kier molecular flexibility index (Phi) is 3.04. The van der Waals surface area contributed by atoms with Crippen LogP contribution in [0.15, 0.2) is 54.6 Å². The zero-order valence-corrected chi connectivity index (χ0v) is 12.8. The first-order chi connectivity index (χ1) is 10.3. The molecule has 1 heterocycles. The van der Waals surface area contributed by atoms with Gasteiger partial charge in [-0.15, -0.1) is 0 Å². The highest BCUT2D eigenvalue weighted by Gasteiger charge is 2.38. The molecule has 2 heteroatoms. The number of fused-ring (bicyclic) bond motifs is 3. The number of hydrogen-bond donors (Lipinski definition) is 1. The van der Waals surface area contributed by atoms with Gasteiger partial charge in [-0.3, -0.25) is 0 Å². The molecule has 0 unspecified atom stereocenters. The number of hydrogen-bond acceptors (Lipinski definition) is 1. The zero-order chi connectivity index (χ0) is 14.4. The molecule has 0 spiro atoms. The Morgan fingerprint density at radius 1 is 1.10 bits per heavy atom. The summed E-state index contributed by atoms with van der Waals surface area (Å²) < 4.78 is 0. The maximum absolute atomic E-state index is 6.32. The molecule has 2 aromatic carbocycles. The second-order valence-electron chi connectivity index (χ2n) is 6.02. The summed E-state index contributed by atoms with van der Waals surface area (Å²) in [6.07, 6.45) is 5.83. The van der Waals surface area contributed by atoms with Crippen LogP contribution < -0.4 is 5.32 Å². The van der Waals surface area contributed by atoms with Crippen molar-refractivity contribution in [2.24, 2.45) is 5.92 Å². The number of rotatable bonds is 1. The molecule has 2 aromatic rings. The molecule has 1 aliphatic heterocycles. The van der Waals surface area contributed by atoms with Crippen LogP contribution >= 0.6 is 11.6 Å². The van der Waals surface area contributed by atoms with Crippen molar-refractivity contribution < 1.29 is 0 Å². The molecule has 106 valence electrons. The van der Waals surface area contributed by atoms with Gasteiger partial charge in [-0.25, -0.2) is 0 Å². The molecule has 0 amide bonds. The van der Waals surface area contributed by atoms with E-state index in [4.69, 9.17) is 11.6 Å². The first-order valence-electron chi connectivity index (χ1n) is 7.53. The Hall–Kier alpha value is -1.73. The van der Waals surface area contributed by atoms with Crippen LogP contribution in [0.4, 0.5) is 5.69 Å². The third-order valence-electron chi connectivity index (χ3n) is 4.89. The summed E-state index contributed by atoms with van der Waals surface area (Å²) in [6.45, 7) is 2.11. The molecule has 0 bridgehead atoms. The van der Waals surface area contributed by atoms with E-state index >= 15 is 0 Å². The predicted molar refractivity (Wildman–Crippen MR) is 89.0 cm³/mol. The maximum atomic E-state index is 6.32. The van der Waals surface area contributed by atoms with Crippen LogP contribution in [0.1, 0.15) is 35.1 Å². The SMILES string of the molecule is Cc1c(Cl)ccc2c1N[C@H](c1ccccc1)[C@H]1CC=C[C@H]21. The Balaban J connectivity index is 1.85. The second-order valence-corrected chi connectivity index (χ2v) is 6.43. The monoisotopic (exact) mass is 295 g/mol. The van der Waals surface area contributed by atoms with E-state index in [9.17, 15) is 0 Å². The molecular formula is C19H18ClN. The summed E-state index contributed by atoms with van der Waals surface area (Å²) in [5, 5.41) is 4.61. The van der Waals surface area contributed by atoms with Crippen molar-refractivity contribution in [3.05, 3.63) is 76.3 Å². The summed E-state index contributed by atoms with van der Waals surface area (Å²) in [6, 6.07) is 15.3. The smallest absolute Gasteiger partial charge is 0.0554 e. The Bertz CT molecular complexity index is 705. The van der Waals surface area contributed by atoms with Gasteiger partial charge < -0.3 is 5.32 Å². The van der Waals surface area contributed by atoms with Crippen molar-refractivity contribution in [2.75, 3.05) is 5.32 Å². The molecule has 21 heavy (non-hydrogen) atoms. The number of allylic oxidation sites excluding steroid dienone is 2. The van der Waals surface area contributed by atoms with Crippen LogP contribution in [0.5, 0.6) is 0 Å². The quantitative estimate of drug-likeness (QED) is 0.687. The summed E-state index contributed by atoms with van der Waals surface area (Å²) in [4.78, 5) is 0. The van der Waals surface area contributed by atoms with Gasteiger partial charge in [-0.1, -0.05) is 60.2 Å². The number of benzene rings is 2. The fourth-order valence-electron chi connectivity index (χ4n) is 3.78. The van der Waals surface area contributed by atoms with Gasteiger partial charge in [0.05, 0.1) is 6.04 Å². The van der Waals surface area contributed by atoms with Crippen LogP contribution in [-0.2, 0) is 0 Å². The molecule has 0 fully saturated rings. The van der Waals surface area contributed by atoms with E-state index < -0.39 is 0 Å². The molecule has 0 aromatic heterocycles. The van der Waals surface area contributed by atoms with Gasteiger partial charge in [0.15, 0.2) is 0 Å². The van der Waals surface area contributed by atoms with Gasteiger partial charge in [0.25, 0.3) is 0 Å². The molecular weight excluding hydrogens is 278 g/mol. The standard InChI is InChI=1S/C19H18ClN/c1-12-17(20)11-10-16-14-8-5-9-15(14)19(21-18(12)16)13-6-3-2-4-7-13/h2-8,10-11,14-15,19,21H,9H2,1H3/t14-,15-,19+/m0/s1. The predicted octanol–water partition coefficient (Wildman–Crippen LogP) is 5.47. The number of nitrogens with one attached hydrogen (secondary N) is 1. The third kappa shape index (κ3) is 1.99. The molecule has 0 radical (unpaired) electrons. The molecule has 1 aliphatic carbocycles. The van der Waals surface area contributed by atoms with Gasteiger partial charge >= 0.3 is 0 Å². The number of anilines is 1. The van der Waals surface area contributed by atoms with Gasteiger partial charge in [0.2, 0.25) is 0 Å². The number of halogens is 1. The first kappa shape index (κ1) is 13.0. The highest BCUT2D eigenvalue weighted by molar-refractivity contribution is 6.31. The summed E-state index contributed by atoms with van der Waals surface area (Å²) in [5.41, 5.74) is 5.14. The van der Waals surface area contributed by atoms with Crippen LogP contribution in [0, 0.1) is 12.8 Å². The van der Waals surface area contributed by atoms with Crippen LogP contribution in [0.3, 0.4) is 0 Å². The third-order valence-corrected chi connectivity index (χ3v) is 5.30.